The van der Waals surface area contributed by atoms with Crippen LogP contribution in [0.2, 0.25) is 18.1 Å². The molecule has 3 rings (SSSR count). The fourth-order valence-electron chi connectivity index (χ4n) is 4.26. The Morgan fingerprint density at radius 2 is 1.93 bits per heavy atom. The van der Waals surface area contributed by atoms with E-state index in [1.165, 1.54) is 11.1 Å². The van der Waals surface area contributed by atoms with E-state index < -0.39 is 8.32 Å². The molecule has 1 heterocycles. The highest BCUT2D eigenvalue weighted by Gasteiger charge is 2.56. The van der Waals surface area contributed by atoms with E-state index in [-0.39, 0.29) is 22.6 Å². The van der Waals surface area contributed by atoms with E-state index in [0.29, 0.717) is 18.8 Å². The molecule has 1 aliphatic heterocycles. The largest absolute Gasteiger partial charge is 0.411 e. The molecule has 1 aliphatic carbocycles. The number of hydrogen-bond donors (Lipinski definition) is 0. The molecule has 1 aromatic rings. The Morgan fingerprint density at radius 1 is 1.25 bits per heavy atom. The number of carbonyl (C=O) groups is 1. The predicted octanol–water partition coefficient (Wildman–Crippen LogP) is 5.90. The summed E-state index contributed by atoms with van der Waals surface area (Å²) in [4.78, 5) is 15.3. The van der Waals surface area contributed by atoms with Crippen LogP contribution < -0.4 is 0 Å². The fraction of sp³-hybridized carbons (Fsp3) is 0.609. The molecule has 2 atom stereocenters. The molecule has 0 N–H and O–H groups in total. The molecular formula is C23H34ClNO2Si. The van der Waals surface area contributed by atoms with Crippen LogP contribution in [-0.4, -0.2) is 36.6 Å². The average molecular weight is 420 g/mol. The predicted molar refractivity (Wildman–Crippen MR) is 119 cm³/mol. The first-order valence-corrected chi connectivity index (χ1v) is 13.8. The molecular weight excluding hydrogens is 386 g/mol. The average Bonchev–Trinajstić information content (AvgIpc) is 2.86. The summed E-state index contributed by atoms with van der Waals surface area (Å²) in [7, 11) is -1.99. The number of halogens is 1. The van der Waals surface area contributed by atoms with Crippen molar-refractivity contribution in [3.8, 4) is 0 Å². The Hall–Kier alpha value is -1.10. The highest BCUT2D eigenvalue weighted by Crippen LogP contribution is 2.48. The minimum atomic E-state index is -1.99. The van der Waals surface area contributed by atoms with Crippen LogP contribution in [0.1, 0.15) is 52.0 Å². The van der Waals surface area contributed by atoms with Crippen LogP contribution in [0.3, 0.4) is 0 Å². The highest BCUT2D eigenvalue weighted by molar-refractivity contribution is 6.74. The van der Waals surface area contributed by atoms with Crippen molar-refractivity contribution in [2.24, 2.45) is 0 Å². The van der Waals surface area contributed by atoms with Crippen LogP contribution in [0, 0.1) is 0 Å². The van der Waals surface area contributed by atoms with Gasteiger partial charge in [-0.1, -0.05) is 62.8 Å². The summed E-state index contributed by atoms with van der Waals surface area (Å²) < 4.78 is 6.89. The van der Waals surface area contributed by atoms with Crippen LogP contribution in [0.15, 0.2) is 42.0 Å². The molecule has 1 amide bonds. The minimum absolute atomic E-state index is 0.0588. The standard InChI is InChI=1S/C23H34ClNO2Si/c1-22(2,3)28(4,5)27-20-14-21(26)25(17-18-10-7-6-8-11-18)23(20)13-9-12-19(15-23)16-24/h6-8,10-12,20H,9,13-17H2,1-5H3/t20-,23+/m0/s1. The van der Waals surface area contributed by atoms with E-state index in [4.69, 9.17) is 16.0 Å². The Morgan fingerprint density at radius 3 is 2.54 bits per heavy atom. The summed E-state index contributed by atoms with van der Waals surface area (Å²) in [5, 5.41) is 0.115. The Bertz CT molecular complexity index is 741. The third-order valence-electron chi connectivity index (χ3n) is 6.94. The smallest absolute Gasteiger partial charge is 0.226 e. The molecule has 154 valence electrons. The maximum atomic E-state index is 13.2. The Kier molecular flexibility index (Phi) is 6.14. The van der Waals surface area contributed by atoms with Gasteiger partial charge in [0.05, 0.1) is 18.1 Å². The molecule has 5 heteroatoms. The number of benzene rings is 1. The second-order valence-electron chi connectivity index (χ2n) is 9.85. The lowest BCUT2D eigenvalue weighted by Gasteiger charge is -2.48. The summed E-state index contributed by atoms with van der Waals surface area (Å²) in [5.74, 6) is 0.741. The monoisotopic (exact) mass is 419 g/mol. The molecule has 2 aliphatic rings. The zero-order chi connectivity index (χ0) is 20.6. The molecule has 0 aromatic heterocycles. The third-order valence-corrected chi connectivity index (χ3v) is 11.8. The fourth-order valence-corrected chi connectivity index (χ4v) is 5.83. The molecule has 0 bridgehead atoms. The van der Waals surface area contributed by atoms with Gasteiger partial charge in [-0.05, 0) is 43.0 Å². The lowest BCUT2D eigenvalue weighted by atomic mass is 9.78. The van der Waals surface area contributed by atoms with Gasteiger partial charge in [0.15, 0.2) is 8.32 Å². The van der Waals surface area contributed by atoms with E-state index in [9.17, 15) is 4.79 Å². The number of amides is 1. The van der Waals surface area contributed by atoms with Crippen LogP contribution in [0.4, 0.5) is 0 Å². The van der Waals surface area contributed by atoms with Gasteiger partial charge in [-0.25, -0.2) is 0 Å². The number of hydrogen-bond acceptors (Lipinski definition) is 2. The minimum Gasteiger partial charge on any atom is -0.411 e. The summed E-state index contributed by atoms with van der Waals surface area (Å²) in [5.41, 5.74) is 2.14. The zero-order valence-electron chi connectivity index (χ0n) is 17.9. The van der Waals surface area contributed by atoms with E-state index in [2.05, 4.69) is 57.0 Å². The Balaban J connectivity index is 1.96. The van der Waals surface area contributed by atoms with Crippen molar-refractivity contribution in [2.45, 2.75) is 82.8 Å². The number of carbonyl (C=O) groups excluding carboxylic acids is 1. The van der Waals surface area contributed by atoms with Gasteiger partial charge in [0.2, 0.25) is 5.91 Å². The van der Waals surface area contributed by atoms with E-state index >= 15 is 0 Å². The third kappa shape index (κ3) is 4.10. The van der Waals surface area contributed by atoms with Gasteiger partial charge >= 0.3 is 0 Å². The summed E-state index contributed by atoms with van der Waals surface area (Å²) >= 11 is 6.24. The van der Waals surface area contributed by atoms with Crippen LogP contribution in [0.5, 0.6) is 0 Å². The molecule has 0 saturated carbocycles. The van der Waals surface area contributed by atoms with Crippen LogP contribution in [0.25, 0.3) is 0 Å². The van der Waals surface area contributed by atoms with Gasteiger partial charge in [0.25, 0.3) is 0 Å². The van der Waals surface area contributed by atoms with Gasteiger partial charge in [0, 0.05) is 12.4 Å². The second kappa shape index (κ2) is 7.96. The molecule has 1 fully saturated rings. The summed E-state index contributed by atoms with van der Waals surface area (Å²) in [6.07, 6.45) is 5.41. The zero-order valence-corrected chi connectivity index (χ0v) is 19.7. The van der Waals surface area contributed by atoms with Crippen molar-refractivity contribution >= 4 is 25.8 Å². The van der Waals surface area contributed by atoms with Crippen molar-refractivity contribution in [3.63, 3.8) is 0 Å². The quantitative estimate of drug-likeness (QED) is 0.338. The molecule has 28 heavy (non-hydrogen) atoms. The topological polar surface area (TPSA) is 29.5 Å². The van der Waals surface area contributed by atoms with Crippen molar-refractivity contribution in [1.82, 2.24) is 4.90 Å². The normalized spacial score (nSPS) is 26.1. The maximum absolute atomic E-state index is 13.2. The van der Waals surface area contributed by atoms with Crippen LogP contribution >= 0.6 is 11.6 Å². The number of alkyl halides is 1. The van der Waals surface area contributed by atoms with Gasteiger partial charge in [0.1, 0.15) is 0 Å². The van der Waals surface area contributed by atoms with Crippen LogP contribution in [-0.2, 0) is 15.8 Å². The summed E-state index contributed by atoms with van der Waals surface area (Å²) in [6.45, 7) is 12.0. The second-order valence-corrected chi connectivity index (χ2v) is 14.9. The first-order chi connectivity index (χ1) is 13.1. The van der Waals surface area contributed by atoms with E-state index in [0.717, 1.165) is 19.3 Å². The molecule has 3 nitrogen and oxygen atoms in total. The maximum Gasteiger partial charge on any atom is 0.226 e. The molecule has 1 spiro atoms. The van der Waals surface area contributed by atoms with Gasteiger partial charge in [-0.2, -0.15) is 0 Å². The SMILES string of the molecule is CC(C)(C)[Si](C)(C)O[C@H]1CC(=O)N(Cc2ccccc2)[C@@]12CCC=C(CCl)C2. The lowest BCUT2D eigenvalue weighted by molar-refractivity contribution is -0.132. The van der Waals surface area contributed by atoms with Crippen molar-refractivity contribution in [3.05, 3.63) is 47.5 Å². The number of allylic oxidation sites excluding steroid dienone is 1. The molecule has 0 radical (unpaired) electrons. The first kappa shape index (κ1) is 21.6. The number of rotatable bonds is 5. The molecule has 0 unspecified atom stereocenters. The van der Waals surface area contributed by atoms with Crippen molar-refractivity contribution < 1.29 is 9.22 Å². The number of likely N-dealkylation sites (tertiary alicyclic amines) is 1. The highest BCUT2D eigenvalue weighted by atomic mass is 35.5. The molecule has 1 aromatic carbocycles. The van der Waals surface area contributed by atoms with Crippen molar-refractivity contribution in [1.29, 1.82) is 0 Å². The summed E-state index contributed by atoms with van der Waals surface area (Å²) in [6, 6.07) is 10.3. The van der Waals surface area contributed by atoms with Gasteiger partial charge in [-0.3, -0.25) is 4.79 Å². The van der Waals surface area contributed by atoms with Crippen molar-refractivity contribution in [2.75, 3.05) is 5.88 Å². The first-order valence-electron chi connectivity index (χ1n) is 10.4. The Labute approximate surface area is 176 Å². The van der Waals surface area contributed by atoms with E-state index in [1.807, 2.05) is 18.2 Å². The molecule has 1 saturated heterocycles. The lowest BCUT2D eigenvalue weighted by Crippen LogP contribution is -2.56. The van der Waals surface area contributed by atoms with E-state index in [1.54, 1.807) is 0 Å². The van der Waals surface area contributed by atoms with Gasteiger partial charge < -0.3 is 9.33 Å². The van der Waals surface area contributed by atoms with Gasteiger partial charge in [-0.15, -0.1) is 11.6 Å². The number of nitrogens with zero attached hydrogens (tertiary/aromatic N) is 1.